The maximum absolute atomic E-state index is 13.9. The van der Waals surface area contributed by atoms with Crippen LogP contribution in [0.1, 0.15) is 45.4 Å². The summed E-state index contributed by atoms with van der Waals surface area (Å²) in [5.41, 5.74) is 4.34. The quantitative estimate of drug-likeness (QED) is 0.253. The second kappa shape index (κ2) is 13.7. The lowest BCUT2D eigenvalue weighted by Crippen LogP contribution is -2.49. The smallest absolute Gasteiger partial charge is 0.271 e. The van der Waals surface area contributed by atoms with E-state index in [4.69, 9.17) is 0 Å². The van der Waals surface area contributed by atoms with E-state index in [0.717, 1.165) is 23.6 Å². The number of carbonyl (C=O) groups is 1. The Morgan fingerprint density at radius 2 is 1.62 bits per heavy atom. The van der Waals surface area contributed by atoms with Crippen molar-refractivity contribution in [2.75, 3.05) is 6.54 Å². The van der Waals surface area contributed by atoms with Crippen molar-refractivity contribution in [3.8, 4) is 0 Å². The van der Waals surface area contributed by atoms with E-state index in [1.807, 2.05) is 42.5 Å². The van der Waals surface area contributed by atoms with Crippen molar-refractivity contribution in [2.24, 2.45) is 0 Å². The molecule has 0 aliphatic rings. The van der Waals surface area contributed by atoms with Gasteiger partial charge in [0.2, 0.25) is 0 Å². The van der Waals surface area contributed by atoms with Gasteiger partial charge in [0.15, 0.2) is 0 Å². The molecule has 2 atom stereocenters. The summed E-state index contributed by atoms with van der Waals surface area (Å²) in [5, 5.41) is 17.0. The molecule has 0 aliphatic heterocycles. The number of carbonyl (C=O) groups excluding carboxylic acids is 1. The molecule has 0 fully saturated rings. The molecule has 0 saturated heterocycles. The van der Waals surface area contributed by atoms with E-state index in [0.29, 0.717) is 24.2 Å². The highest BCUT2D eigenvalue weighted by molar-refractivity contribution is 5.92. The molecule has 0 spiro atoms. The van der Waals surface area contributed by atoms with Crippen LogP contribution in [0, 0.1) is 11.6 Å². The van der Waals surface area contributed by atoms with E-state index >= 15 is 0 Å². The molecule has 6 nitrogen and oxygen atoms in total. The fourth-order valence-corrected chi connectivity index (χ4v) is 4.38. The van der Waals surface area contributed by atoms with Gasteiger partial charge in [-0.1, -0.05) is 61.5 Å². The number of benzene rings is 3. The van der Waals surface area contributed by atoms with Crippen molar-refractivity contribution in [2.45, 2.75) is 44.9 Å². The zero-order valence-corrected chi connectivity index (χ0v) is 21.8. The van der Waals surface area contributed by atoms with E-state index in [9.17, 15) is 18.7 Å². The van der Waals surface area contributed by atoms with Gasteiger partial charge in [0, 0.05) is 31.8 Å². The van der Waals surface area contributed by atoms with Gasteiger partial charge in [0.1, 0.15) is 17.3 Å². The van der Waals surface area contributed by atoms with Gasteiger partial charge in [-0.25, -0.2) is 13.8 Å². The monoisotopic (exact) mass is 530 g/mol. The third kappa shape index (κ3) is 8.49. The van der Waals surface area contributed by atoms with Crippen LogP contribution in [0.4, 0.5) is 8.78 Å². The number of nitrogens with one attached hydrogen (secondary N) is 2. The van der Waals surface area contributed by atoms with Gasteiger partial charge in [0.25, 0.3) is 5.91 Å². The van der Waals surface area contributed by atoms with Crippen molar-refractivity contribution < 1.29 is 18.7 Å². The van der Waals surface area contributed by atoms with Gasteiger partial charge in [-0.15, -0.1) is 0 Å². The molecule has 0 radical (unpaired) electrons. The Kier molecular flexibility index (Phi) is 9.83. The van der Waals surface area contributed by atoms with Gasteiger partial charge in [-0.05, 0) is 47.2 Å². The number of aliphatic hydroxyl groups excluding tert-OH is 1. The Hall–Kier alpha value is -4.01. The number of aryl methyl sites for hydroxylation is 1. The molecule has 4 rings (SSSR count). The molecule has 3 aromatic carbocycles. The number of hydrogen-bond donors (Lipinski definition) is 3. The Balaban J connectivity index is 1.46. The van der Waals surface area contributed by atoms with Crippen molar-refractivity contribution in [3.05, 3.63) is 130 Å². The molecule has 0 saturated carbocycles. The number of hydrogen-bond acceptors (Lipinski definition) is 5. The predicted octanol–water partition coefficient (Wildman–Crippen LogP) is 4.40. The van der Waals surface area contributed by atoms with Crippen LogP contribution in [0.2, 0.25) is 0 Å². The first-order valence-electron chi connectivity index (χ1n) is 13.0. The predicted molar refractivity (Wildman–Crippen MR) is 146 cm³/mol. The fraction of sp³-hybridized carbons (Fsp3) is 0.258. The largest absolute Gasteiger partial charge is 0.390 e. The molecule has 0 bridgehead atoms. The summed E-state index contributed by atoms with van der Waals surface area (Å²) >= 11 is 0. The number of amides is 1. The van der Waals surface area contributed by atoms with Gasteiger partial charge in [0.05, 0.1) is 24.0 Å². The Labute approximate surface area is 227 Å². The first-order valence-corrected chi connectivity index (χ1v) is 13.0. The summed E-state index contributed by atoms with van der Waals surface area (Å²) in [7, 11) is 0. The fourth-order valence-electron chi connectivity index (χ4n) is 4.38. The Bertz CT molecular complexity index is 1360. The lowest BCUT2D eigenvalue weighted by Gasteiger charge is -2.25. The molecule has 39 heavy (non-hydrogen) atoms. The van der Waals surface area contributed by atoms with Crippen LogP contribution in [0.5, 0.6) is 0 Å². The van der Waals surface area contributed by atoms with Crippen LogP contribution in [0.25, 0.3) is 0 Å². The zero-order chi connectivity index (χ0) is 27.6. The van der Waals surface area contributed by atoms with E-state index in [2.05, 4.69) is 39.7 Å². The Morgan fingerprint density at radius 3 is 2.36 bits per heavy atom. The van der Waals surface area contributed by atoms with Gasteiger partial charge < -0.3 is 15.7 Å². The minimum atomic E-state index is -1.05. The molecule has 0 aliphatic carbocycles. The summed E-state index contributed by atoms with van der Waals surface area (Å²) in [5.74, 6) is -1.98. The molecule has 4 aromatic rings. The minimum Gasteiger partial charge on any atom is -0.390 e. The number of aromatic nitrogens is 2. The molecule has 202 valence electrons. The Morgan fingerprint density at radius 1 is 0.897 bits per heavy atom. The van der Waals surface area contributed by atoms with Crippen molar-refractivity contribution in [1.29, 1.82) is 0 Å². The molecule has 1 aromatic heterocycles. The molecule has 1 amide bonds. The van der Waals surface area contributed by atoms with E-state index in [-0.39, 0.29) is 18.7 Å². The highest BCUT2D eigenvalue weighted by atomic mass is 19.1. The molecule has 2 unspecified atom stereocenters. The third-order valence-corrected chi connectivity index (χ3v) is 6.39. The van der Waals surface area contributed by atoms with E-state index < -0.39 is 29.7 Å². The van der Waals surface area contributed by atoms with Crippen LogP contribution in [0.15, 0.2) is 85.2 Å². The lowest BCUT2D eigenvalue weighted by molar-refractivity contribution is 0.0824. The molecule has 8 heteroatoms. The topological polar surface area (TPSA) is 87.1 Å². The van der Waals surface area contributed by atoms with Crippen molar-refractivity contribution in [1.82, 2.24) is 20.6 Å². The summed E-state index contributed by atoms with van der Waals surface area (Å²) in [6.45, 7) is 2.76. The number of aliphatic hydroxyl groups is 1. The second-order valence-electron chi connectivity index (χ2n) is 9.49. The van der Waals surface area contributed by atoms with Crippen molar-refractivity contribution in [3.63, 3.8) is 0 Å². The number of halogens is 2. The van der Waals surface area contributed by atoms with Gasteiger partial charge in [-0.2, -0.15) is 0 Å². The maximum Gasteiger partial charge on any atom is 0.271 e. The molecule has 1 heterocycles. The molecular formula is C31H32F2N4O2. The lowest BCUT2D eigenvalue weighted by atomic mass is 10.00. The highest BCUT2D eigenvalue weighted by Crippen LogP contribution is 2.13. The minimum absolute atomic E-state index is 0.0196. The van der Waals surface area contributed by atoms with Gasteiger partial charge >= 0.3 is 0 Å². The van der Waals surface area contributed by atoms with Crippen LogP contribution in [0.3, 0.4) is 0 Å². The normalized spacial score (nSPS) is 12.6. The maximum atomic E-state index is 13.9. The molecule has 3 N–H and O–H groups in total. The van der Waals surface area contributed by atoms with Crippen LogP contribution in [-0.2, 0) is 25.8 Å². The summed E-state index contributed by atoms with van der Waals surface area (Å²) in [6.07, 6.45) is 3.36. The van der Waals surface area contributed by atoms with Gasteiger partial charge in [-0.3, -0.25) is 9.78 Å². The van der Waals surface area contributed by atoms with Crippen LogP contribution >= 0.6 is 0 Å². The number of rotatable bonds is 12. The standard InChI is InChI=1S/C31H32F2N4O2/c1-2-21-9-6-10-23(11-21)17-34-20-30(38)28(15-24-12-25(32)16-26(33)13-24)37-31(39)29-19-35-18-27(36-29)14-22-7-4-3-5-8-22/h3-13,16,18-19,28,30,34,38H,2,14-15,17,20H2,1H3,(H,37,39). The van der Waals surface area contributed by atoms with Crippen LogP contribution in [-0.4, -0.2) is 39.7 Å². The average molecular weight is 531 g/mol. The number of nitrogens with zero attached hydrogens (tertiary/aromatic N) is 2. The van der Waals surface area contributed by atoms with E-state index in [1.54, 1.807) is 6.20 Å². The first-order chi connectivity index (χ1) is 18.9. The summed E-state index contributed by atoms with van der Waals surface area (Å²) < 4.78 is 27.7. The third-order valence-electron chi connectivity index (χ3n) is 6.39. The van der Waals surface area contributed by atoms with Crippen LogP contribution < -0.4 is 10.6 Å². The summed E-state index contributed by atoms with van der Waals surface area (Å²) in [4.78, 5) is 21.8. The SMILES string of the molecule is CCc1cccc(CNCC(O)C(Cc2cc(F)cc(F)c2)NC(=O)c2cncc(Cc3ccccc3)n2)c1. The zero-order valence-electron chi connectivity index (χ0n) is 21.8. The highest BCUT2D eigenvalue weighted by Gasteiger charge is 2.24. The van der Waals surface area contributed by atoms with E-state index in [1.165, 1.54) is 23.9 Å². The van der Waals surface area contributed by atoms with Crippen molar-refractivity contribution >= 4 is 5.91 Å². The first kappa shape index (κ1) is 28.0. The molecular weight excluding hydrogens is 498 g/mol. The summed E-state index contributed by atoms with van der Waals surface area (Å²) in [6, 6.07) is 20.2. The second-order valence-corrected chi connectivity index (χ2v) is 9.49. The average Bonchev–Trinajstić information content (AvgIpc) is 2.93.